The SMILES string of the molecule is O=c1ccn(C[B-](F)(F)F)cc1. The molecule has 66 valence electrons. The maximum Gasteiger partial charge on any atom is 0.497 e. The summed E-state index contributed by atoms with van der Waals surface area (Å²) in [7, 11) is 0. The molecule has 0 saturated carbocycles. The molecule has 0 amide bonds. The maximum absolute atomic E-state index is 11.8. The molecule has 0 aliphatic carbocycles. The van der Waals surface area contributed by atoms with Crippen molar-refractivity contribution in [2.75, 3.05) is 0 Å². The van der Waals surface area contributed by atoms with Crippen LogP contribution in [0.5, 0.6) is 0 Å². The Bertz CT molecular complexity index is 299. The van der Waals surface area contributed by atoms with Gasteiger partial charge in [0, 0.05) is 24.5 Å². The zero-order chi connectivity index (χ0) is 9.19. The Morgan fingerprint density at radius 3 is 2.17 bits per heavy atom. The van der Waals surface area contributed by atoms with Crippen molar-refractivity contribution in [2.24, 2.45) is 0 Å². The maximum atomic E-state index is 11.8. The van der Waals surface area contributed by atoms with Crippen molar-refractivity contribution < 1.29 is 12.9 Å². The average molecular weight is 176 g/mol. The molecular formula is C6H6BF3NO-. The molecule has 0 unspecified atom stereocenters. The number of hydrogen-bond donors (Lipinski definition) is 0. The zero-order valence-corrected chi connectivity index (χ0v) is 6.08. The molecule has 2 nitrogen and oxygen atoms in total. The summed E-state index contributed by atoms with van der Waals surface area (Å²) in [4.78, 5) is 10.5. The summed E-state index contributed by atoms with van der Waals surface area (Å²) in [6.45, 7) is -4.83. The van der Waals surface area contributed by atoms with Gasteiger partial charge < -0.3 is 17.5 Å². The first kappa shape index (κ1) is 8.90. The van der Waals surface area contributed by atoms with Crippen LogP contribution in [0.15, 0.2) is 29.3 Å². The first-order valence-corrected chi connectivity index (χ1v) is 3.34. The van der Waals surface area contributed by atoms with Crippen molar-refractivity contribution in [1.82, 2.24) is 4.57 Å². The van der Waals surface area contributed by atoms with Crippen LogP contribution in [0.3, 0.4) is 0 Å². The van der Waals surface area contributed by atoms with Gasteiger partial charge in [-0.2, -0.15) is 0 Å². The fraction of sp³-hybridized carbons (Fsp3) is 0.167. The van der Waals surface area contributed by atoms with Crippen LogP contribution in [-0.4, -0.2) is 11.5 Å². The van der Waals surface area contributed by atoms with Crippen molar-refractivity contribution in [3.8, 4) is 0 Å². The highest BCUT2D eigenvalue weighted by Crippen LogP contribution is 2.10. The van der Waals surface area contributed by atoms with Gasteiger partial charge in [0.15, 0.2) is 5.43 Å². The number of hydrogen-bond acceptors (Lipinski definition) is 1. The molecule has 6 heteroatoms. The van der Waals surface area contributed by atoms with E-state index in [4.69, 9.17) is 0 Å². The minimum absolute atomic E-state index is 0.291. The highest BCUT2D eigenvalue weighted by atomic mass is 19.4. The fourth-order valence-electron chi connectivity index (χ4n) is 0.804. The van der Waals surface area contributed by atoms with Crippen LogP contribution in [-0.2, 0) is 6.44 Å². The Labute approximate surface area is 66.7 Å². The Hall–Kier alpha value is -1.20. The van der Waals surface area contributed by atoms with E-state index in [-0.39, 0.29) is 5.43 Å². The second-order valence-electron chi connectivity index (χ2n) is 2.44. The lowest BCUT2D eigenvalue weighted by atomic mass is 9.92. The molecule has 1 aromatic rings. The first-order valence-electron chi connectivity index (χ1n) is 3.34. The molecule has 1 heterocycles. The molecule has 0 aliphatic rings. The third-order valence-electron chi connectivity index (χ3n) is 1.28. The predicted molar refractivity (Wildman–Crippen MR) is 39.8 cm³/mol. The van der Waals surface area contributed by atoms with E-state index >= 15 is 0 Å². The highest BCUT2D eigenvalue weighted by molar-refractivity contribution is 6.57. The molecule has 1 aromatic heterocycles. The van der Waals surface area contributed by atoms with Crippen molar-refractivity contribution >= 4 is 6.98 Å². The monoisotopic (exact) mass is 176 g/mol. The van der Waals surface area contributed by atoms with Crippen molar-refractivity contribution in [1.29, 1.82) is 0 Å². The second-order valence-corrected chi connectivity index (χ2v) is 2.44. The summed E-state index contributed by atoms with van der Waals surface area (Å²) < 4.78 is 36.3. The molecule has 0 fully saturated rings. The Balaban J connectivity index is 2.78. The third kappa shape index (κ3) is 2.81. The number of halogens is 3. The lowest BCUT2D eigenvalue weighted by Gasteiger charge is -2.15. The molecule has 0 saturated heterocycles. The van der Waals surface area contributed by atoms with Gasteiger partial charge in [-0.3, -0.25) is 4.79 Å². The first-order chi connectivity index (χ1) is 5.47. The van der Waals surface area contributed by atoms with Gasteiger partial charge in [0.05, 0.1) is 0 Å². The Kier molecular flexibility index (Phi) is 2.26. The molecule has 0 atom stereocenters. The van der Waals surface area contributed by atoms with E-state index in [1.807, 2.05) is 0 Å². The molecular weight excluding hydrogens is 170 g/mol. The zero-order valence-electron chi connectivity index (χ0n) is 6.08. The van der Waals surface area contributed by atoms with Gasteiger partial charge in [0.1, 0.15) is 0 Å². The van der Waals surface area contributed by atoms with Crippen LogP contribution in [0.2, 0.25) is 0 Å². The topological polar surface area (TPSA) is 22.0 Å². The lowest BCUT2D eigenvalue weighted by Crippen LogP contribution is -2.24. The van der Waals surface area contributed by atoms with E-state index < -0.39 is 13.4 Å². The van der Waals surface area contributed by atoms with Gasteiger partial charge in [-0.15, -0.1) is 0 Å². The van der Waals surface area contributed by atoms with E-state index in [0.29, 0.717) is 0 Å². The molecule has 0 aromatic carbocycles. The van der Waals surface area contributed by atoms with E-state index in [0.717, 1.165) is 29.1 Å². The number of pyridine rings is 1. The van der Waals surface area contributed by atoms with Crippen LogP contribution in [0.1, 0.15) is 0 Å². The smallest absolute Gasteiger partial charge is 0.448 e. The van der Waals surface area contributed by atoms with Crippen molar-refractivity contribution in [3.63, 3.8) is 0 Å². The fourth-order valence-corrected chi connectivity index (χ4v) is 0.804. The molecule has 0 aliphatic heterocycles. The van der Waals surface area contributed by atoms with Gasteiger partial charge in [-0.1, -0.05) is 0 Å². The third-order valence-corrected chi connectivity index (χ3v) is 1.28. The van der Waals surface area contributed by atoms with Crippen LogP contribution < -0.4 is 5.43 Å². The van der Waals surface area contributed by atoms with Gasteiger partial charge in [0.2, 0.25) is 0 Å². The van der Waals surface area contributed by atoms with E-state index in [1.54, 1.807) is 0 Å². The largest absolute Gasteiger partial charge is 0.497 e. The van der Waals surface area contributed by atoms with Crippen molar-refractivity contribution in [3.05, 3.63) is 34.7 Å². The van der Waals surface area contributed by atoms with Gasteiger partial charge in [0.25, 0.3) is 0 Å². The summed E-state index contributed by atoms with van der Waals surface area (Å²) >= 11 is 0. The predicted octanol–water partition coefficient (Wildman–Crippen LogP) is 1.23. The Morgan fingerprint density at radius 2 is 1.75 bits per heavy atom. The summed E-state index contributed by atoms with van der Waals surface area (Å²) in [5.41, 5.74) is -0.291. The molecule has 0 N–H and O–H groups in total. The molecule has 0 bridgehead atoms. The van der Waals surface area contributed by atoms with Crippen LogP contribution in [0, 0.1) is 0 Å². The quantitative estimate of drug-likeness (QED) is 0.621. The molecule has 0 radical (unpaired) electrons. The van der Waals surface area contributed by atoms with Gasteiger partial charge >= 0.3 is 6.98 Å². The lowest BCUT2D eigenvalue weighted by molar-refractivity contribution is 0.445. The van der Waals surface area contributed by atoms with Crippen molar-refractivity contribution in [2.45, 2.75) is 6.44 Å². The molecule has 1 rings (SSSR count). The van der Waals surface area contributed by atoms with E-state index in [9.17, 15) is 17.7 Å². The second kappa shape index (κ2) is 3.04. The van der Waals surface area contributed by atoms with Gasteiger partial charge in [-0.25, -0.2) is 0 Å². The number of rotatable bonds is 2. The van der Waals surface area contributed by atoms with Crippen LogP contribution >= 0.6 is 0 Å². The summed E-state index contributed by atoms with van der Waals surface area (Å²) in [5.74, 6) is 0. The molecule has 0 spiro atoms. The number of aromatic nitrogens is 1. The number of nitrogens with zero attached hydrogens (tertiary/aromatic N) is 1. The standard InChI is InChI=1S/C6H6BF3NO/c8-7(9,10)5-11-3-1-6(12)2-4-11/h1-4H,5H2/q-1. The Morgan fingerprint density at radius 1 is 1.25 bits per heavy atom. The normalized spacial score (nSPS) is 11.6. The van der Waals surface area contributed by atoms with Crippen LogP contribution in [0.25, 0.3) is 0 Å². The minimum Gasteiger partial charge on any atom is -0.448 e. The minimum atomic E-state index is -4.83. The summed E-state index contributed by atoms with van der Waals surface area (Å²) in [6, 6.07) is 2.20. The summed E-state index contributed by atoms with van der Waals surface area (Å²) in [5, 5.41) is 0. The van der Waals surface area contributed by atoms with E-state index in [1.165, 1.54) is 0 Å². The van der Waals surface area contributed by atoms with Crippen LogP contribution in [0.4, 0.5) is 12.9 Å². The summed E-state index contributed by atoms with van der Waals surface area (Å²) in [6.07, 6.45) is 1.25. The molecule has 12 heavy (non-hydrogen) atoms. The average Bonchev–Trinajstić information content (AvgIpc) is 1.91. The highest BCUT2D eigenvalue weighted by Gasteiger charge is 2.22. The van der Waals surface area contributed by atoms with E-state index in [2.05, 4.69) is 0 Å². The van der Waals surface area contributed by atoms with Gasteiger partial charge in [-0.05, 0) is 6.44 Å².